The minimum absolute atomic E-state index is 0.00435. The normalized spacial score (nSPS) is 12.1. The van der Waals surface area contributed by atoms with E-state index in [1.54, 1.807) is 31.4 Å². The number of rotatable bonds is 11. The van der Waals surface area contributed by atoms with Gasteiger partial charge in [-0.2, -0.15) is 0 Å². The average Bonchev–Trinajstić information content (AvgIpc) is 2.72. The number of methoxy groups -OCH3 is 1. The van der Waals surface area contributed by atoms with Gasteiger partial charge in [0.05, 0.1) is 7.11 Å². The highest BCUT2D eigenvalue weighted by molar-refractivity contribution is 5.98. The lowest BCUT2D eigenvalue weighted by atomic mass is 10.1. The van der Waals surface area contributed by atoms with Crippen LogP contribution in [0.1, 0.15) is 49.5 Å². The summed E-state index contributed by atoms with van der Waals surface area (Å²) in [6, 6.07) is 17.7. The van der Waals surface area contributed by atoms with Gasteiger partial charge in [-0.15, -0.1) is 0 Å². The average molecular weight is 397 g/mol. The fraction of sp³-hybridized carbons (Fsp3) is 0.417. The highest BCUT2D eigenvalue weighted by Gasteiger charge is 2.16. The van der Waals surface area contributed by atoms with E-state index in [1.165, 1.54) is 5.56 Å². The topological polar surface area (TPSA) is 58.6 Å². The first-order valence-corrected chi connectivity index (χ1v) is 10.1. The van der Waals surface area contributed by atoms with Gasteiger partial charge in [-0.1, -0.05) is 30.3 Å². The van der Waals surface area contributed by atoms with E-state index in [2.05, 4.69) is 36.2 Å². The third-order valence-corrected chi connectivity index (χ3v) is 4.87. The van der Waals surface area contributed by atoms with Crippen molar-refractivity contribution >= 4 is 11.7 Å². The molecule has 0 aliphatic carbocycles. The molecule has 1 amide bonds. The van der Waals surface area contributed by atoms with Gasteiger partial charge in [0.2, 0.25) is 5.91 Å². The molecule has 1 N–H and O–H groups in total. The number of nitrogens with zero attached hydrogens (tertiary/aromatic N) is 1. The van der Waals surface area contributed by atoms with Crippen LogP contribution in [0.25, 0.3) is 0 Å². The van der Waals surface area contributed by atoms with E-state index in [1.807, 2.05) is 25.1 Å². The van der Waals surface area contributed by atoms with Crippen LogP contribution >= 0.6 is 0 Å². The Kier molecular flexibility index (Phi) is 8.87. The Bertz CT molecular complexity index is 772. The molecule has 1 atom stereocenters. The van der Waals surface area contributed by atoms with Crippen molar-refractivity contribution in [3.63, 3.8) is 0 Å². The molecule has 0 aliphatic heterocycles. The van der Waals surface area contributed by atoms with Crippen LogP contribution in [0, 0.1) is 0 Å². The molecule has 0 aliphatic rings. The molecule has 0 saturated carbocycles. The van der Waals surface area contributed by atoms with E-state index in [9.17, 15) is 9.59 Å². The molecule has 5 heteroatoms. The number of Topliss-reactive ketones (excluding diaryl/α,β-unsaturated/α-hetero) is 1. The molecule has 0 fully saturated rings. The van der Waals surface area contributed by atoms with Gasteiger partial charge in [-0.3, -0.25) is 14.5 Å². The van der Waals surface area contributed by atoms with Gasteiger partial charge in [-0.25, -0.2) is 0 Å². The Morgan fingerprint density at radius 3 is 2.21 bits per heavy atom. The molecular weight excluding hydrogens is 364 g/mol. The summed E-state index contributed by atoms with van der Waals surface area (Å²) in [5, 5.41) is 3.02. The first kappa shape index (κ1) is 22.6. The molecule has 0 radical (unpaired) electrons. The van der Waals surface area contributed by atoms with Crippen LogP contribution in [-0.4, -0.2) is 42.3 Å². The summed E-state index contributed by atoms with van der Waals surface area (Å²) < 4.78 is 5.10. The maximum Gasteiger partial charge on any atom is 0.220 e. The third kappa shape index (κ3) is 7.70. The van der Waals surface area contributed by atoms with Gasteiger partial charge in [-0.05, 0) is 50.6 Å². The fourth-order valence-corrected chi connectivity index (χ4v) is 3.17. The zero-order chi connectivity index (χ0) is 21.2. The molecule has 29 heavy (non-hydrogen) atoms. The van der Waals surface area contributed by atoms with Gasteiger partial charge in [0.1, 0.15) is 5.75 Å². The van der Waals surface area contributed by atoms with Crippen molar-refractivity contribution < 1.29 is 14.3 Å². The zero-order valence-electron chi connectivity index (χ0n) is 17.9. The quantitative estimate of drug-likeness (QED) is 0.582. The van der Waals surface area contributed by atoms with Crippen molar-refractivity contribution in [3.8, 4) is 5.75 Å². The van der Waals surface area contributed by atoms with Crippen LogP contribution in [0.5, 0.6) is 5.75 Å². The molecule has 0 heterocycles. The predicted molar refractivity (Wildman–Crippen MR) is 116 cm³/mol. The molecule has 0 spiro atoms. The number of hydrogen-bond acceptors (Lipinski definition) is 4. The van der Waals surface area contributed by atoms with E-state index >= 15 is 0 Å². The van der Waals surface area contributed by atoms with Gasteiger partial charge >= 0.3 is 0 Å². The van der Waals surface area contributed by atoms with Crippen LogP contribution in [-0.2, 0) is 11.3 Å². The molecule has 156 valence electrons. The van der Waals surface area contributed by atoms with E-state index in [4.69, 9.17) is 4.74 Å². The van der Waals surface area contributed by atoms with Crippen LogP contribution in [0.15, 0.2) is 54.6 Å². The lowest BCUT2D eigenvalue weighted by Crippen LogP contribution is -2.44. The Balaban J connectivity index is 1.79. The number of carbonyl (C=O) groups excluding carboxylic acids is 2. The summed E-state index contributed by atoms with van der Waals surface area (Å²) in [4.78, 5) is 26.9. The molecule has 2 rings (SSSR count). The number of ether oxygens (including phenoxy) is 1. The van der Waals surface area contributed by atoms with Crippen LogP contribution < -0.4 is 10.1 Å². The second-order valence-electron chi connectivity index (χ2n) is 7.63. The number of benzene rings is 2. The van der Waals surface area contributed by atoms with Gasteiger partial charge in [0.15, 0.2) is 5.78 Å². The summed E-state index contributed by atoms with van der Waals surface area (Å²) in [5.41, 5.74) is 1.85. The van der Waals surface area contributed by atoms with E-state index in [0.29, 0.717) is 17.4 Å². The van der Waals surface area contributed by atoms with Crippen molar-refractivity contribution in [2.75, 3.05) is 13.7 Å². The monoisotopic (exact) mass is 396 g/mol. The minimum atomic E-state index is -0.0946. The lowest BCUT2D eigenvalue weighted by Gasteiger charge is -2.29. The molecule has 5 nitrogen and oxygen atoms in total. The number of amides is 1. The Hall–Kier alpha value is -2.66. The number of nitrogens with one attached hydrogen (secondary N) is 1. The van der Waals surface area contributed by atoms with Crippen LogP contribution in [0.3, 0.4) is 0 Å². The van der Waals surface area contributed by atoms with Crippen molar-refractivity contribution in [2.45, 2.75) is 52.2 Å². The van der Waals surface area contributed by atoms with Gasteiger partial charge in [0.25, 0.3) is 0 Å². The SMILES string of the molecule is COc1ccc(C(=O)CCC(=O)NC(C)CN(Cc2ccccc2)C(C)C)cc1. The predicted octanol–water partition coefficient (Wildman–Crippen LogP) is 4.07. The van der Waals surface area contributed by atoms with E-state index in [-0.39, 0.29) is 30.6 Å². The largest absolute Gasteiger partial charge is 0.497 e. The van der Waals surface area contributed by atoms with Crippen molar-refractivity contribution in [3.05, 3.63) is 65.7 Å². The molecule has 2 aromatic rings. The number of ketones is 1. The Labute approximate surface area is 174 Å². The maximum absolute atomic E-state index is 12.3. The molecule has 0 saturated heterocycles. The molecule has 0 bridgehead atoms. The maximum atomic E-state index is 12.3. The van der Waals surface area contributed by atoms with Gasteiger partial charge in [0, 0.05) is 43.6 Å². The number of hydrogen-bond donors (Lipinski definition) is 1. The first-order chi connectivity index (χ1) is 13.9. The smallest absolute Gasteiger partial charge is 0.220 e. The molecule has 0 aromatic heterocycles. The first-order valence-electron chi connectivity index (χ1n) is 10.1. The van der Waals surface area contributed by atoms with Crippen molar-refractivity contribution in [1.29, 1.82) is 0 Å². The van der Waals surface area contributed by atoms with E-state index in [0.717, 1.165) is 13.1 Å². The Morgan fingerprint density at radius 1 is 0.966 bits per heavy atom. The summed E-state index contributed by atoms with van der Waals surface area (Å²) in [6.07, 6.45) is 0.387. The molecule has 1 unspecified atom stereocenters. The number of carbonyl (C=O) groups is 2. The minimum Gasteiger partial charge on any atom is -0.497 e. The third-order valence-electron chi connectivity index (χ3n) is 4.87. The molecule has 2 aromatic carbocycles. The molecular formula is C24H32N2O3. The second-order valence-corrected chi connectivity index (χ2v) is 7.63. The lowest BCUT2D eigenvalue weighted by molar-refractivity contribution is -0.121. The Morgan fingerprint density at radius 2 is 1.62 bits per heavy atom. The second kappa shape index (κ2) is 11.4. The summed E-state index contributed by atoms with van der Waals surface area (Å²) in [5.74, 6) is 0.574. The van der Waals surface area contributed by atoms with Crippen molar-refractivity contribution in [1.82, 2.24) is 10.2 Å². The van der Waals surface area contributed by atoms with Crippen molar-refractivity contribution in [2.24, 2.45) is 0 Å². The van der Waals surface area contributed by atoms with Gasteiger partial charge < -0.3 is 10.1 Å². The highest BCUT2D eigenvalue weighted by atomic mass is 16.5. The fourth-order valence-electron chi connectivity index (χ4n) is 3.17. The summed E-state index contributed by atoms with van der Waals surface area (Å²) in [7, 11) is 1.59. The van der Waals surface area contributed by atoms with E-state index < -0.39 is 0 Å². The van der Waals surface area contributed by atoms with Crippen LogP contribution in [0.2, 0.25) is 0 Å². The highest BCUT2D eigenvalue weighted by Crippen LogP contribution is 2.13. The zero-order valence-corrected chi connectivity index (χ0v) is 17.9. The standard InChI is InChI=1S/C24H32N2O3/c1-18(2)26(17-20-8-6-5-7-9-20)16-19(3)25-24(28)15-14-23(27)21-10-12-22(29-4)13-11-21/h5-13,18-19H,14-17H2,1-4H3,(H,25,28). The van der Waals surface area contributed by atoms with Crippen LogP contribution in [0.4, 0.5) is 0 Å². The summed E-state index contributed by atoms with van der Waals surface area (Å²) >= 11 is 0. The summed E-state index contributed by atoms with van der Waals surface area (Å²) in [6.45, 7) is 7.92.